The summed E-state index contributed by atoms with van der Waals surface area (Å²) in [6, 6.07) is 0.431. The van der Waals surface area contributed by atoms with Crippen molar-refractivity contribution < 1.29 is 0 Å². The summed E-state index contributed by atoms with van der Waals surface area (Å²) in [5, 5.41) is 0. The molecule has 0 aromatic carbocycles. The van der Waals surface area contributed by atoms with Gasteiger partial charge >= 0.3 is 0 Å². The van der Waals surface area contributed by atoms with E-state index in [9.17, 15) is 0 Å². The van der Waals surface area contributed by atoms with Gasteiger partial charge in [-0.05, 0) is 50.5 Å². The average Bonchev–Trinajstić information content (AvgIpc) is 3.14. The van der Waals surface area contributed by atoms with Crippen LogP contribution in [0.3, 0.4) is 0 Å². The molecule has 0 saturated heterocycles. The van der Waals surface area contributed by atoms with Crippen LogP contribution in [0.5, 0.6) is 0 Å². The van der Waals surface area contributed by atoms with Crippen molar-refractivity contribution in [3.8, 4) is 0 Å². The van der Waals surface area contributed by atoms with Gasteiger partial charge in [-0.25, -0.2) is 0 Å². The van der Waals surface area contributed by atoms with Crippen LogP contribution in [0.25, 0.3) is 0 Å². The van der Waals surface area contributed by atoms with E-state index >= 15 is 0 Å². The highest BCUT2D eigenvalue weighted by atomic mass is 15.1. The molecule has 0 spiro atoms. The standard InChI is InChI=1S/C15H30N2/c1-2-10-17(11-13-8-9-13)12-15(16)14-6-4-3-5-7-14/h13-15H,2-12,16H2,1H3. The zero-order valence-corrected chi connectivity index (χ0v) is 11.5. The quantitative estimate of drug-likeness (QED) is 0.739. The van der Waals surface area contributed by atoms with Gasteiger partial charge in [-0.1, -0.05) is 26.2 Å². The minimum Gasteiger partial charge on any atom is -0.326 e. The lowest BCUT2D eigenvalue weighted by atomic mass is 9.84. The van der Waals surface area contributed by atoms with Crippen molar-refractivity contribution in [1.82, 2.24) is 4.90 Å². The van der Waals surface area contributed by atoms with E-state index in [-0.39, 0.29) is 0 Å². The van der Waals surface area contributed by atoms with Crippen LogP contribution in [0.2, 0.25) is 0 Å². The van der Waals surface area contributed by atoms with E-state index in [1.807, 2.05) is 0 Å². The minimum absolute atomic E-state index is 0.431. The van der Waals surface area contributed by atoms with E-state index in [1.54, 1.807) is 0 Å². The third kappa shape index (κ3) is 4.59. The van der Waals surface area contributed by atoms with E-state index in [4.69, 9.17) is 5.73 Å². The largest absolute Gasteiger partial charge is 0.326 e. The van der Waals surface area contributed by atoms with Gasteiger partial charge in [0.15, 0.2) is 0 Å². The molecule has 100 valence electrons. The summed E-state index contributed by atoms with van der Waals surface area (Å²) in [5.74, 6) is 1.81. The molecule has 2 aliphatic rings. The van der Waals surface area contributed by atoms with Gasteiger partial charge in [0.05, 0.1) is 0 Å². The Kier molecular flexibility index (Phi) is 5.30. The van der Waals surface area contributed by atoms with Gasteiger partial charge in [0, 0.05) is 19.1 Å². The molecule has 0 amide bonds. The number of hydrogen-bond donors (Lipinski definition) is 1. The number of nitrogens with zero attached hydrogens (tertiary/aromatic N) is 1. The van der Waals surface area contributed by atoms with Crippen molar-refractivity contribution in [2.45, 2.75) is 64.3 Å². The SMILES string of the molecule is CCCN(CC1CC1)CC(N)C1CCCCC1. The number of rotatable bonds is 7. The molecule has 0 aliphatic heterocycles. The fourth-order valence-electron chi connectivity index (χ4n) is 3.25. The van der Waals surface area contributed by atoms with Crippen molar-refractivity contribution in [2.75, 3.05) is 19.6 Å². The highest BCUT2D eigenvalue weighted by Crippen LogP contribution is 2.30. The second-order valence-corrected chi connectivity index (χ2v) is 6.26. The molecule has 1 unspecified atom stereocenters. The lowest BCUT2D eigenvalue weighted by Gasteiger charge is -2.32. The third-order valence-electron chi connectivity index (χ3n) is 4.48. The summed E-state index contributed by atoms with van der Waals surface area (Å²) in [6.45, 7) is 5.99. The Bertz CT molecular complexity index is 207. The van der Waals surface area contributed by atoms with Crippen LogP contribution < -0.4 is 5.73 Å². The van der Waals surface area contributed by atoms with Crippen molar-refractivity contribution in [2.24, 2.45) is 17.6 Å². The van der Waals surface area contributed by atoms with Gasteiger partial charge in [0.1, 0.15) is 0 Å². The molecule has 2 aliphatic carbocycles. The third-order valence-corrected chi connectivity index (χ3v) is 4.48. The molecule has 0 bridgehead atoms. The van der Waals surface area contributed by atoms with E-state index in [1.165, 1.54) is 64.5 Å². The first-order valence-electron chi connectivity index (χ1n) is 7.77. The Morgan fingerprint density at radius 2 is 1.82 bits per heavy atom. The van der Waals surface area contributed by atoms with Crippen LogP contribution in [0.1, 0.15) is 58.3 Å². The molecule has 1 atom stereocenters. The molecule has 0 aromatic heterocycles. The van der Waals surface area contributed by atoms with Gasteiger partial charge < -0.3 is 10.6 Å². The van der Waals surface area contributed by atoms with Gasteiger partial charge in [0.2, 0.25) is 0 Å². The molecule has 2 saturated carbocycles. The van der Waals surface area contributed by atoms with Crippen molar-refractivity contribution >= 4 is 0 Å². The van der Waals surface area contributed by atoms with Crippen LogP contribution >= 0.6 is 0 Å². The highest BCUT2D eigenvalue weighted by Gasteiger charge is 2.27. The predicted octanol–water partition coefficient (Wildman–Crippen LogP) is 3.02. The normalized spacial score (nSPS) is 24.2. The highest BCUT2D eigenvalue weighted by molar-refractivity contribution is 4.82. The molecule has 0 radical (unpaired) electrons. The summed E-state index contributed by atoms with van der Waals surface area (Å²) in [4.78, 5) is 2.64. The predicted molar refractivity (Wildman–Crippen MR) is 74.0 cm³/mol. The number of nitrogens with two attached hydrogens (primary N) is 1. The topological polar surface area (TPSA) is 29.3 Å². The summed E-state index contributed by atoms with van der Waals surface area (Å²) < 4.78 is 0. The van der Waals surface area contributed by atoms with Crippen LogP contribution in [0, 0.1) is 11.8 Å². The molecule has 17 heavy (non-hydrogen) atoms. The summed E-state index contributed by atoms with van der Waals surface area (Å²) in [7, 11) is 0. The maximum Gasteiger partial charge on any atom is 0.0196 e. The maximum absolute atomic E-state index is 6.43. The zero-order valence-electron chi connectivity index (χ0n) is 11.5. The second-order valence-electron chi connectivity index (χ2n) is 6.26. The maximum atomic E-state index is 6.43. The molecule has 2 N–H and O–H groups in total. The van der Waals surface area contributed by atoms with Gasteiger partial charge in [-0.15, -0.1) is 0 Å². The van der Waals surface area contributed by atoms with Crippen LogP contribution in [-0.4, -0.2) is 30.6 Å². The lowest BCUT2D eigenvalue weighted by molar-refractivity contribution is 0.200. The molecule has 0 heterocycles. The van der Waals surface area contributed by atoms with Crippen LogP contribution in [0.15, 0.2) is 0 Å². The van der Waals surface area contributed by atoms with E-state index < -0.39 is 0 Å². The Morgan fingerprint density at radius 3 is 2.41 bits per heavy atom. The first-order chi connectivity index (χ1) is 8.29. The minimum atomic E-state index is 0.431. The Balaban J connectivity index is 1.73. The molecular weight excluding hydrogens is 208 g/mol. The van der Waals surface area contributed by atoms with Crippen LogP contribution in [-0.2, 0) is 0 Å². The fourth-order valence-corrected chi connectivity index (χ4v) is 3.25. The molecule has 2 nitrogen and oxygen atoms in total. The summed E-state index contributed by atoms with van der Waals surface area (Å²) in [6.07, 6.45) is 11.2. The smallest absolute Gasteiger partial charge is 0.0196 e. The van der Waals surface area contributed by atoms with E-state index in [2.05, 4.69) is 11.8 Å². The molecule has 2 heteroatoms. The van der Waals surface area contributed by atoms with Crippen LogP contribution in [0.4, 0.5) is 0 Å². The van der Waals surface area contributed by atoms with Gasteiger partial charge in [-0.2, -0.15) is 0 Å². The Hall–Kier alpha value is -0.0800. The zero-order chi connectivity index (χ0) is 12.1. The first kappa shape index (κ1) is 13.4. The monoisotopic (exact) mass is 238 g/mol. The molecule has 0 aromatic rings. The fraction of sp³-hybridized carbons (Fsp3) is 1.00. The molecule has 2 fully saturated rings. The van der Waals surface area contributed by atoms with Crippen molar-refractivity contribution in [3.63, 3.8) is 0 Å². The van der Waals surface area contributed by atoms with E-state index in [0.717, 1.165) is 18.4 Å². The molecule has 2 rings (SSSR count). The number of hydrogen-bond acceptors (Lipinski definition) is 2. The second kappa shape index (κ2) is 6.75. The van der Waals surface area contributed by atoms with Gasteiger partial charge in [0.25, 0.3) is 0 Å². The van der Waals surface area contributed by atoms with Crippen molar-refractivity contribution in [1.29, 1.82) is 0 Å². The Morgan fingerprint density at radius 1 is 1.12 bits per heavy atom. The first-order valence-corrected chi connectivity index (χ1v) is 7.77. The summed E-state index contributed by atoms with van der Waals surface area (Å²) >= 11 is 0. The molecular formula is C15H30N2. The van der Waals surface area contributed by atoms with Crippen molar-refractivity contribution in [3.05, 3.63) is 0 Å². The Labute approximate surface area is 107 Å². The van der Waals surface area contributed by atoms with Gasteiger partial charge in [-0.3, -0.25) is 0 Å². The average molecular weight is 238 g/mol. The van der Waals surface area contributed by atoms with E-state index in [0.29, 0.717) is 6.04 Å². The lowest BCUT2D eigenvalue weighted by Crippen LogP contribution is -2.43. The summed E-state index contributed by atoms with van der Waals surface area (Å²) in [5.41, 5.74) is 6.43.